The summed E-state index contributed by atoms with van der Waals surface area (Å²) >= 11 is 0. The van der Waals surface area contributed by atoms with Crippen LogP contribution in [0.5, 0.6) is 0 Å². The van der Waals surface area contributed by atoms with Crippen LogP contribution in [0.1, 0.15) is 19.0 Å². The number of nitrogens with zero attached hydrogens (tertiary/aromatic N) is 3. The fourth-order valence-corrected chi connectivity index (χ4v) is 1.99. The van der Waals surface area contributed by atoms with E-state index in [1.807, 2.05) is 13.2 Å². The molecule has 0 atom stereocenters. The zero-order valence-corrected chi connectivity index (χ0v) is 12.1. The van der Waals surface area contributed by atoms with Gasteiger partial charge in [0.2, 0.25) is 0 Å². The minimum absolute atomic E-state index is 0.823. The first-order chi connectivity index (χ1) is 8.67. The Morgan fingerprint density at radius 2 is 2.06 bits per heavy atom. The van der Waals surface area contributed by atoms with Crippen molar-refractivity contribution in [2.75, 3.05) is 45.7 Å². The lowest BCUT2D eigenvalue weighted by molar-refractivity contribution is 0.400. The zero-order valence-electron chi connectivity index (χ0n) is 12.1. The second-order valence-corrected chi connectivity index (χ2v) is 4.77. The predicted molar refractivity (Wildman–Crippen MR) is 78.1 cm³/mol. The lowest BCUT2D eigenvalue weighted by atomic mass is 10.2. The summed E-state index contributed by atoms with van der Waals surface area (Å²) in [5.41, 5.74) is 2.37. The molecule has 18 heavy (non-hydrogen) atoms. The topological polar surface area (TPSA) is 31.4 Å². The van der Waals surface area contributed by atoms with Gasteiger partial charge in [-0.3, -0.25) is 4.98 Å². The number of nitrogens with one attached hydrogen (secondary N) is 1. The molecule has 1 aromatic heterocycles. The molecule has 1 N–H and O–H groups in total. The van der Waals surface area contributed by atoms with Crippen LogP contribution in [0.15, 0.2) is 18.3 Å². The molecule has 1 heterocycles. The van der Waals surface area contributed by atoms with E-state index < -0.39 is 0 Å². The van der Waals surface area contributed by atoms with Gasteiger partial charge in [-0.25, -0.2) is 0 Å². The molecule has 0 aromatic carbocycles. The van der Waals surface area contributed by atoms with Crippen LogP contribution in [0.3, 0.4) is 0 Å². The second-order valence-electron chi connectivity index (χ2n) is 4.77. The van der Waals surface area contributed by atoms with Crippen LogP contribution in [0, 0.1) is 0 Å². The molecule has 0 radical (unpaired) electrons. The quantitative estimate of drug-likeness (QED) is 0.759. The van der Waals surface area contributed by atoms with Gasteiger partial charge in [0, 0.05) is 31.5 Å². The average Bonchev–Trinajstić information content (AvgIpc) is 2.35. The molecule has 1 rings (SSSR count). The van der Waals surface area contributed by atoms with Gasteiger partial charge in [0.15, 0.2) is 0 Å². The minimum atomic E-state index is 0.823. The van der Waals surface area contributed by atoms with Crippen molar-refractivity contribution in [3.05, 3.63) is 24.0 Å². The van der Waals surface area contributed by atoms with Gasteiger partial charge in [0.1, 0.15) is 0 Å². The summed E-state index contributed by atoms with van der Waals surface area (Å²) in [6.07, 6.45) is 3.08. The van der Waals surface area contributed by atoms with Crippen molar-refractivity contribution in [2.24, 2.45) is 0 Å². The number of aromatic nitrogens is 1. The molecule has 1 aromatic rings. The summed E-state index contributed by atoms with van der Waals surface area (Å²) in [5.74, 6) is 0. The van der Waals surface area contributed by atoms with Crippen molar-refractivity contribution >= 4 is 5.69 Å². The highest BCUT2D eigenvalue weighted by atomic mass is 15.1. The van der Waals surface area contributed by atoms with E-state index in [2.05, 4.69) is 53.3 Å². The third-order valence-electron chi connectivity index (χ3n) is 2.94. The van der Waals surface area contributed by atoms with Crippen LogP contribution in [-0.4, -0.2) is 50.7 Å². The smallest absolute Gasteiger partial charge is 0.0562 e. The summed E-state index contributed by atoms with van der Waals surface area (Å²) in [6.45, 7) is 6.29. The SMILES string of the molecule is CCN(CCCN(C)C)c1ccnc(CNC)c1. The fourth-order valence-electron chi connectivity index (χ4n) is 1.99. The van der Waals surface area contributed by atoms with Crippen LogP contribution in [-0.2, 0) is 6.54 Å². The Morgan fingerprint density at radius 1 is 1.28 bits per heavy atom. The van der Waals surface area contributed by atoms with Gasteiger partial charge < -0.3 is 15.1 Å². The average molecular weight is 250 g/mol. The molecule has 4 heteroatoms. The summed E-state index contributed by atoms with van der Waals surface area (Å²) in [6, 6.07) is 4.27. The maximum atomic E-state index is 4.36. The number of pyridine rings is 1. The van der Waals surface area contributed by atoms with E-state index in [-0.39, 0.29) is 0 Å². The van der Waals surface area contributed by atoms with Crippen molar-refractivity contribution in [3.8, 4) is 0 Å². The minimum Gasteiger partial charge on any atom is -0.372 e. The summed E-state index contributed by atoms with van der Waals surface area (Å²) in [7, 11) is 6.19. The molecule has 0 bridgehead atoms. The highest BCUT2D eigenvalue weighted by molar-refractivity contribution is 5.46. The van der Waals surface area contributed by atoms with Crippen molar-refractivity contribution in [3.63, 3.8) is 0 Å². The van der Waals surface area contributed by atoms with Crippen LogP contribution < -0.4 is 10.2 Å². The largest absolute Gasteiger partial charge is 0.372 e. The fraction of sp³-hybridized carbons (Fsp3) is 0.643. The van der Waals surface area contributed by atoms with E-state index in [1.165, 1.54) is 12.1 Å². The molecule has 0 aliphatic heterocycles. The van der Waals surface area contributed by atoms with Gasteiger partial charge in [-0.05, 0) is 53.2 Å². The first-order valence-corrected chi connectivity index (χ1v) is 6.66. The first kappa shape index (κ1) is 14.9. The number of anilines is 1. The third-order valence-corrected chi connectivity index (χ3v) is 2.94. The highest BCUT2D eigenvalue weighted by Gasteiger charge is 2.05. The third kappa shape index (κ3) is 5.02. The summed E-state index contributed by atoms with van der Waals surface area (Å²) in [5, 5.41) is 3.14. The summed E-state index contributed by atoms with van der Waals surface area (Å²) < 4.78 is 0. The lowest BCUT2D eigenvalue weighted by Gasteiger charge is -2.24. The molecule has 0 fully saturated rings. The van der Waals surface area contributed by atoms with Crippen molar-refractivity contribution < 1.29 is 0 Å². The van der Waals surface area contributed by atoms with Crippen LogP contribution in [0.25, 0.3) is 0 Å². The van der Waals surface area contributed by atoms with Gasteiger partial charge in [-0.15, -0.1) is 0 Å². The molecule has 102 valence electrons. The van der Waals surface area contributed by atoms with E-state index in [0.717, 1.165) is 31.9 Å². The molecule has 0 saturated carbocycles. The van der Waals surface area contributed by atoms with Crippen molar-refractivity contribution in [2.45, 2.75) is 19.9 Å². The molecule has 0 amide bonds. The van der Waals surface area contributed by atoms with E-state index >= 15 is 0 Å². The van der Waals surface area contributed by atoms with Crippen LogP contribution in [0.4, 0.5) is 5.69 Å². The lowest BCUT2D eigenvalue weighted by Crippen LogP contribution is -2.27. The Kier molecular flexibility index (Phi) is 6.68. The van der Waals surface area contributed by atoms with Gasteiger partial charge in [-0.2, -0.15) is 0 Å². The molecule has 0 aliphatic carbocycles. The summed E-state index contributed by atoms with van der Waals surface area (Å²) in [4.78, 5) is 8.99. The maximum absolute atomic E-state index is 4.36. The zero-order chi connectivity index (χ0) is 13.4. The molecular weight excluding hydrogens is 224 g/mol. The van der Waals surface area contributed by atoms with Gasteiger partial charge >= 0.3 is 0 Å². The molecule has 0 saturated heterocycles. The normalized spacial score (nSPS) is 10.9. The predicted octanol–water partition coefficient (Wildman–Crippen LogP) is 1.58. The van der Waals surface area contributed by atoms with Gasteiger partial charge in [0.05, 0.1) is 5.69 Å². The Labute approximate surface area is 111 Å². The highest BCUT2D eigenvalue weighted by Crippen LogP contribution is 2.14. The first-order valence-electron chi connectivity index (χ1n) is 6.66. The van der Waals surface area contributed by atoms with Crippen LogP contribution in [0.2, 0.25) is 0 Å². The second kappa shape index (κ2) is 8.06. The number of hydrogen-bond acceptors (Lipinski definition) is 4. The van der Waals surface area contributed by atoms with Crippen molar-refractivity contribution in [1.29, 1.82) is 0 Å². The van der Waals surface area contributed by atoms with Crippen LogP contribution >= 0.6 is 0 Å². The van der Waals surface area contributed by atoms with Gasteiger partial charge in [0.25, 0.3) is 0 Å². The Balaban J connectivity index is 2.60. The molecule has 4 nitrogen and oxygen atoms in total. The number of rotatable bonds is 8. The van der Waals surface area contributed by atoms with E-state index in [9.17, 15) is 0 Å². The molecule has 0 unspecified atom stereocenters. The van der Waals surface area contributed by atoms with Crippen molar-refractivity contribution in [1.82, 2.24) is 15.2 Å². The standard InChI is InChI=1S/C14H26N4/c1-5-18(10-6-9-17(3)4)14-7-8-16-13(11-14)12-15-2/h7-8,11,15H,5-6,9-10,12H2,1-4H3. The van der Waals surface area contributed by atoms with Gasteiger partial charge in [-0.1, -0.05) is 0 Å². The molecule has 0 spiro atoms. The Bertz CT molecular complexity index is 338. The number of hydrogen-bond donors (Lipinski definition) is 1. The monoisotopic (exact) mass is 250 g/mol. The Morgan fingerprint density at radius 3 is 2.67 bits per heavy atom. The molecule has 0 aliphatic rings. The van der Waals surface area contributed by atoms with E-state index in [0.29, 0.717) is 0 Å². The molecular formula is C14H26N4. The Hall–Kier alpha value is -1.13. The van der Waals surface area contributed by atoms with E-state index in [4.69, 9.17) is 0 Å². The van der Waals surface area contributed by atoms with E-state index in [1.54, 1.807) is 0 Å². The maximum Gasteiger partial charge on any atom is 0.0562 e.